The standard InChI is InChI=1S/C19H22FN3O3.2ClH/c20-15-1-3-16(4-2-15)26-17-11-13(5-8-22-17)12-23-19(24)18(21)14-6-9-25-10-7-14;;/h1-5,8,11,14,18H,6-7,9-10,12,21H2,(H,23,24);2*1H. The number of ether oxygens (including phenoxy) is 2. The van der Waals surface area contributed by atoms with Gasteiger partial charge in [0.25, 0.3) is 0 Å². The van der Waals surface area contributed by atoms with E-state index in [-0.39, 0.29) is 42.5 Å². The Morgan fingerprint density at radius 2 is 1.93 bits per heavy atom. The molecule has 1 aliphatic heterocycles. The minimum atomic E-state index is -0.532. The van der Waals surface area contributed by atoms with Gasteiger partial charge in [0, 0.05) is 32.0 Å². The van der Waals surface area contributed by atoms with Crippen LogP contribution in [0.5, 0.6) is 11.6 Å². The molecular formula is C19H24Cl2FN3O3. The first-order chi connectivity index (χ1) is 12.6. The molecule has 0 bridgehead atoms. The first-order valence-corrected chi connectivity index (χ1v) is 8.61. The molecular weight excluding hydrogens is 408 g/mol. The highest BCUT2D eigenvalue weighted by atomic mass is 35.5. The summed E-state index contributed by atoms with van der Waals surface area (Å²) < 4.78 is 23.8. The highest BCUT2D eigenvalue weighted by molar-refractivity contribution is 5.85. The Balaban J connectivity index is 0.00000196. The number of nitrogens with zero attached hydrogens (tertiary/aromatic N) is 1. The van der Waals surface area contributed by atoms with Crippen molar-refractivity contribution in [2.45, 2.75) is 25.4 Å². The fraction of sp³-hybridized carbons (Fsp3) is 0.368. The second-order valence-corrected chi connectivity index (χ2v) is 6.25. The van der Waals surface area contributed by atoms with E-state index in [9.17, 15) is 9.18 Å². The molecule has 0 radical (unpaired) electrons. The number of aromatic nitrogens is 1. The Morgan fingerprint density at radius 3 is 2.61 bits per heavy atom. The maximum atomic E-state index is 12.9. The lowest BCUT2D eigenvalue weighted by atomic mass is 9.92. The minimum absolute atomic E-state index is 0. The summed E-state index contributed by atoms with van der Waals surface area (Å²) in [6.45, 7) is 1.64. The molecule has 28 heavy (non-hydrogen) atoms. The third-order valence-corrected chi connectivity index (χ3v) is 4.38. The third kappa shape index (κ3) is 6.91. The van der Waals surface area contributed by atoms with Crippen molar-refractivity contribution >= 4 is 30.7 Å². The van der Waals surface area contributed by atoms with Crippen LogP contribution in [0.1, 0.15) is 18.4 Å². The molecule has 2 aromatic rings. The molecule has 3 N–H and O–H groups in total. The predicted octanol–water partition coefficient (Wildman–Crippen LogP) is 3.23. The van der Waals surface area contributed by atoms with E-state index < -0.39 is 6.04 Å². The van der Waals surface area contributed by atoms with Crippen LogP contribution in [0, 0.1) is 11.7 Å². The Kier molecular flexibility index (Phi) is 10.2. The van der Waals surface area contributed by atoms with Crippen molar-refractivity contribution in [3.63, 3.8) is 0 Å². The maximum absolute atomic E-state index is 12.9. The summed E-state index contributed by atoms with van der Waals surface area (Å²) in [6.07, 6.45) is 3.21. The highest BCUT2D eigenvalue weighted by Gasteiger charge is 2.26. The maximum Gasteiger partial charge on any atom is 0.237 e. The first-order valence-electron chi connectivity index (χ1n) is 8.61. The van der Waals surface area contributed by atoms with Crippen molar-refractivity contribution in [1.29, 1.82) is 0 Å². The fourth-order valence-electron chi connectivity index (χ4n) is 2.84. The van der Waals surface area contributed by atoms with E-state index in [1.807, 2.05) is 0 Å². The van der Waals surface area contributed by atoms with E-state index in [1.165, 1.54) is 24.3 Å². The molecule has 1 amide bonds. The number of hydrogen-bond donors (Lipinski definition) is 2. The van der Waals surface area contributed by atoms with Gasteiger partial charge in [0.2, 0.25) is 11.8 Å². The van der Waals surface area contributed by atoms with E-state index in [0.717, 1.165) is 18.4 Å². The summed E-state index contributed by atoms with van der Waals surface area (Å²) in [7, 11) is 0. The van der Waals surface area contributed by atoms with Crippen LogP contribution in [-0.4, -0.2) is 30.1 Å². The van der Waals surface area contributed by atoms with E-state index >= 15 is 0 Å². The third-order valence-electron chi connectivity index (χ3n) is 4.38. The van der Waals surface area contributed by atoms with Crippen molar-refractivity contribution in [2.24, 2.45) is 11.7 Å². The van der Waals surface area contributed by atoms with Crippen molar-refractivity contribution < 1.29 is 18.7 Å². The van der Waals surface area contributed by atoms with Gasteiger partial charge in [0.1, 0.15) is 11.6 Å². The minimum Gasteiger partial charge on any atom is -0.439 e. The summed E-state index contributed by atoms with van der Waals surface area (Å²) in [4.78, 5) is 16.4. The molecule has 1 aliphatic rings. The molecule has 3 rings (SSSR count). The summed E-state index contributed by atoms with van der Waals surface area (Å²) in [5.74, 6) is 0.509. The van der Waals surface area contributed by atoms with Gasteiger partial charge in [-0.15, -0.1) is 24.8 Å². The van der Waals surface area contributed by atoms with Crippen LogP contribution in [0.3, 0.4) is 0 Å². The number of pyridine rings is 1. The summed E-state index contributed by atoms with van der Waals surface area (Å²) in [5, 5.41) is 2.86. The molecule has 1 aromatic carbocycles. The van der Waals surface area contributed by atoms with Crippen LogP contribution in [-0.2, 0) is 16.1 Å². The number of halogens is 3. The van der Waals surface area contributed by atoms with Gasteiger partial charge in [-0.3, -0.25) is 4.79 Å². The highest BCUT2D eigenvalue weighted by Crippen LogP contribution is 2.21. The van der Waals surface area contributed by atoms with Crippen LogP contribution in [0.2, 0.25) is 0 Å². The number of hydrogen-bond acceptors (Lipinski definition) is 5. The van der Waals surface area contributed by atoms with Crippen molar-refractivity contribution in [2.75, 3.05) is 13.2 Å². The number of carbonyl (C=O) groups is 1. The van der Waals surface area contributed by atoms with Crippen molar-refractivity contribution in [1.82, 2.24) is 10.3 Å². The molecule has 6 nitrogen and oxygen atoms in total. The largest absolute Gasteiger partial charge is 0.439 e. The van der Waals surface area contributed by atoms with Crippen LogP contribution >= 0.6 is 24.8 Å². The van der Waals surface area contributed by atoms with Gasteiger partial charge in [-0.1, -0.05) is 0 Å². The summed E-state index contributed by atoms with van der Waals surface area (Å²) in [6, 6.07) is 8.67. The van der Waals surface area contributed by atoms with Gasteiger partial charge in [-0.25, -0.2) is 9.37 Å². The van der Waals surface area contributed by atoms with Crippen LogP contribution < -0.4 is 15.8 Å². The Labute approximate surface area is 175 Å². The number of nitrogens with one attached hydrogen (secondary N) is 1. The Bertz CT molecular complexity index is 743. The SMILES string of the molecule is Cl.Cl.NC(C(=O)NCc1ccnc(Oc2ccc(F)cc2)c1)C1CCOCC1. The molecule has 1 atom stereocenters. The zero-order chi connectivity index (χ0) is 18.4. The van der Waals surface area contributed by atoms with E-state index in [4.69, 9.17) is 15.2 Å². The van der Waals surface area contributed by atoms with Gasteiger partial charge >= 0.3 is 0 Å². The number of carbonyl (C=O) groups excluding carboxylic acids is 1. The van der Waals surface area contributed by atoms with Crippen LogP contribution in [0.15, 0.2) is 42.6 Å². The molecule has 1 saturated heterocycles. The number of amides is 1. The second kappa shape index (κ2) is 11.8. The zero-order valence-corrected chi connectivity index (χ0v) is 16.8. The molecule has 9 heteroatoms. The topological polar surface area (TPSA) is 86.5 Å². The first kappa shape index (κ1) is 24.1. The Hall–Kier alpha value is -1.93. The van der Waals surface area contributed by atoms with Gasteiger partial charge in [-0.05, 0) is 54.7 Å². The number of benzene rings is 1. The Morgan fingerprint density at radius 1 is 1.25 bits per heavy atom. The monoisotopic (exact) mass is 431 g/mol. The predicted molar refractivity (Wildman–Crippen MR) is 109 cm³/mol. The number of rotatable bonds is 6. The van der Waals surface area contributed by atoms with Crippen molar-refractivity contribution in [3.8, 4) is 11.6 Å². The van der Waals surface area contributed by atoms with Crippen LogP contribution in [0.25, 0.3) is 0 Å². The van der Waals surface area contributed by atoms with E-state index in [1.54, 1.807) is 18.3 Å². The van der Waals surface area contributed by atoms with Crippen LogP contribution in [0.4, 0.5) is 4.39 Å². The molecule has 1 unspecified atom stereocenters. The molecule has 0 spiro atoms. The lowest BCUT2D eigenvalue weighted by Gasteiger charge is -2.26. The smallest absolute Gasteiger partial charge is 0.237 e. The van der Waals surface area contributed by atoms with Gasteiger partial charge in [0.15, 0.2) is 0 Å². The lowest BCUT2D eigenvalue weighted by Crippen LogP contribution is -2.46. The van der Waals surface area contributed by atoms with Gasteiger partial charge in [-0.2, -0.15) is 0 Å². The quantitative estimate of drug-likeness (QED) is 0.732. The average Bonchev–Trinajstić information content (AvgIpc) is 2.68. The molecule has 1 aromatic heterocycles. The molecule has 2 heterocycles. The molecule has 154 valence electrons. The normalized spacial score (nSPS) is 14.9. The second-order valence-electron chi connectivity index (χ2n) is 6.25. The summed E-state index contributed by atoms with van der Waals surface area (Å²) >= 11 is 0. The fourth-order valence-corrected chi connectivity index (χ4v) is 2.84. The molecule has 0 aliphatic carbocycles. The molecule has 1 fully saturated rings. The van der Waals surface area contributed by atoms with E-state index in [0.29, 0.717) is 31.4 Å². The molecule has 0 saturated carbocycles. The number of nitrogens with two attached hydrogens (primary N) is 1. The van der Waals surface area contributed by atoms with E-state index in [2.05, 4.69) is 10.3 Å². The lowest BCUT2D eigenvalue weighted by molar-refractivity contribution is -0.124. The van der Waals surface area contributed by atoms with Gasteiger partial charge < -0.3 is 20.5 Å². The average molecular weight is 432 g/mol. The summed E-state index contributed by atoms with van der Waals surface area (Å²) in [5.41, 5.74) is 6.90. The van der Waals surface area contributed by atoms with Gasteiger partial charge in [0.05, 0.1) is 6.04 Å². The van der Waals surface area contributed by atoms with Crippen molar-refractivity contribution in [3.05, 3.63) is 54.0 Å². The zero-order valence-electron chi connectivity index (χ0n) is 15.2.